The summed E-state index contributed by atoms with van der Waals surface area (Å²) < 4.78 is 0. The van der Waals surface area contributed by atoms with Gasteiger partial charge in [0.05, 0.1) is 0 Å². The van der Waals surface area contributed by atoms with Crippen LogP contribution in [0.5, 0.6) is 0 Å². The summed E-state index contributed by atoms with van der Waals surface area (Å²) in [7, 11) is 0. The van der Waals surface area contributed by atoms with Gasteiger partial charge in [-0.05, 0) is 25.2 Å². The zero-order chi connectivity index (χ0) is 12.4. The van der Waals surface area contributed by atoms with Crippen molar-refractivity contribution in [3.63, 3.8) is 0 Å². The van der Waals surface area contributed by atoms with Gasteiger partial charge in [-0.25, -0.2) is 4.98 Å². The first-order chi connectivity index (χ1) is 8.11. The Morgan fingerprint density at radius 1 is 1.59 bits per heavy atom. The molecule has 17 heavy (non-hydrogen) atoms. The lowest BCUT2D eigenvalue weighted by atomic mass is 10.1. The number of carbonyl (C=O) groups is 1. The molecule has 0 spiro atoms. The SMILES string of the molecule is CC(C)CCN(c1nc(Cl)c(C=O)s1)C1CC1. The van der Waals surface area contributed by atoms with Gasteiger partial charge >= 0.3 is 0 Å². The van der Waals surface area contributed by atoms with Crippen LogP contribution in [0, 0.1) is 5.92 Å². The Morgan fingerprint density at radius 2 is 2.29 bits per heavy atom. The molecule has 0 atom stereocenters. The van der Waals surface area contributed by atoms with Crippen LogP contribution in [-0.2, 0) is 0 Å². The molecule has 0 unspecified atom stereocenters. The number of anilines is 1. The highest BCUT2D eigenvalue weighted by Crippen LogP contribution is 2.36. The fraction of sp³-hybridized carbons (Fsp3) is 0.667. The van der Waals surface area contributed by atoms with Crippen molar-refractivity contribution in [1.82, 2.24) is 4.98 Å². The van der Waals surface area contributed by atoms with E-state index in [0.717, 1.165) is 24.4 Å². The quantitative estimate of drug-likeness (QED) is 0.742. The molecule has 1 fully saturated rings. The van der Waals surface area contributed by atoms with Gasteiger partial charge in [0, 0.05) is 12.6 Å². The highest BCUT2D eigenvalue weighted by Gasteiger charge is 2.31. The molecule has 3 nitrogen and oxygen atoms in total. The first-order valence-corrected chi connectivity index (χ1v) is 7.19. The van der Waals surface area contributed by atoms with Gasteiger partial charge in [-0.3, -0.25) is 4.79 Å². The summed E-state index contributed by atoms with van der Waals surface area (Å²) in [6, 6.07) is 0.607. The summed E-state index contributed by atoms with van der Waals surface area (Å²) >= 11 is 7.32. The van der Waals surface area contributed by atoms with E-state index in [1.54, 1.807) is 0 Å². The normalized spacial score (nSPS) is 15.3. The topological polar surface area (TPSA) is 33.2 Å². The highest BCUT2D eigenvalue weighted by molar-refractivity contribution is 7.17. The standard InChI is InChI=1S/C12H17ClN2OS/c1-8(2)5-6-15(9-3-4-9)12-14-11(13)10(7-16)17-12/h7-9H,3-6H2,1-2H3. The maximum absolute atomic E-state index is 10.8. The molecule has 1 aromatic heterocycles. The van der Waals surface area contributed by atoms with Crippen molar-refractivity contribution in [1.29, 1.82) is 0 Å². The summed E-state index contributed by atoms with van der Waals surface area (Å²) in [5, 5.41) is 1.25. The summed E-state index contributed by atoms with van der Waals surface area (Å²) in [4.78, 5) is 17.9. The second kappa shape index (κ2) is 5.36. The minimum Gasteiger partial charge on any atom is -0.345 e. The molecule has 1 saturated carbocycles. The molecule has 1 aliphatic carbocycles. The minimum absolute atomic E-state index is 0.343. The molecule has 0 saturated heterocycles. The van der Waals surface area contributed by atoms with Crippen LogP contribution in [-0.4, -0.2) is 23.9 Å². The zero-order valence-electron chi connectivity index (χ0n) is 10.1. The Morgan fingerprint density at radius 3 is 2.76 bits per heavy atom. The molecule has 0 aromatic carbocycles. The van der Waals surface area contributed by atoms with Gasteiger partial charge in [-0.2, -0.15) is 0 Å². The number of carbonyl (C=O) groups excluding carboxylic acids is 1. The molecular formula is C12H17ClN2OS. The van der Waals surface area contributed by atoms with Gasteiger partial charge < -0.3 is 4.90 Å². The van der Waals surface area contributed by atoms with Gasteiger partial charge in [0.1, 0.15) is 4.88 Å². The number of hydrogen-bond acceptors (Lipinski definition) is 4. The second-order valence-electron chi connectivity index (χ2n) is 4.88. The number of hydrogen-bond donors (Lipinski definition) is 0. The Balaban J connectivity index is 2.11. The van der Waals surface area contributed by atoms with Crippen molar-refractivity contribution in [2.45, 2.75) is 39.2 Å². The molecule has 2 rings (SSSR count). The van der Waals surface area contributed by atoms with Crippen LogP contribution in [0.3, 0.4) is 0 Å². The molecule has 0 N–H and O–H groups in total. The van der Waals surface area contributed by atoms with E-state index in [0.29, 0.717) is 22.0 Å². The monoisotopic (exact) mass is 272 g/mol. The summed E-state index contributed by atoms with van der Waals surface area (Å²) in [6.45, 7) is 5.44. The van der Waals surface area contributed by atoms with Gasteiger partial charge in [-0.1, -0.05) is 36.8 Å². The van der Waals surface area contributed by atoms with E-state index >= 15 is 0 Å². The van der Waals surface area contributed by atoms with Crippen LogP contribution < -0.4 is 4.90 Å². The second-order valence-corrected chi connectivity index (χ2v) is 6.24. The third-order valence-electron chi connectivity index (χ3n) is 2.89. The number of aldehydes is 1. The lowest BCUT2D eigenvalue weighted by molar-refractivity contribution is 0.112. The first-order valence-electron chi connectivity index (χ1n) is 6.00. The van der Waals surface area contributed by atoms with Gasteiger partial charge in [-0.15, -0.1) is 0 Å². The van der Waals surface area contributed by atoms with Crippen LogP contribution in [0.25, 0.3) is 0 Å². The molecule has 1 aliphatic rings. The predicted molar refractivity (Wildman–Crippen MR) is 72.3 cm³/mol. The molecule has 0 radical (unpaired) electrons. The van der Waals surface area contributed by atoms with Gasteiger partial charge in [0.2, 0.25) is 0 Å². The third kappa shape index (κ3) is 3.19. The summed E-state index contributed by atoms with van der Waals surface area (Å²) in [5.41, 5.74) is 0. The number of rotatable bonds is 6. The van der Waals surface area contributed by atoms with E-state index in [1.165, 1.54) is 24.2 Å². The van der Waals surface area contributed by atoms with Crippen LogP contribution in [0.2, 0.25) is 5.15 Å². The third-order valence-corrected chi connectivity index (χ3v) is 4.30. The Labute approximate surface area is 111 Å². The summed E-state index contributed by atoms with van der Waals surface area (Å²) in [5.74, 6) is 0.678. The minimum atomic E-state index is 0.343. The van der Waals surface area contributed by atoms with E-state index in [1.807, 2.05) is 0 Å². The number of nitrogens with zero attached hydrogens (tertiary/aromatic N) is 2. The van der Waals surface area contributed by atoms with E-state index < -0.39 is 0 Å². The van der Waals surface area contributed by atoms with Crippen LogP contribution in [0.1, 0.15) is 42.8 Å². The first kappa shape index (κ1) is 12.8. The maximum atomic E-state index is 10.8. The molecule has 0 bridgehead atoms. The van der Waals surface area contributed by atoms with Gasteiger partial charge in [0.25, 0.3) is 0 Å². The fourth-order valence-corrected chi connectivity index (χ4v) is 2.88. The number of halogens is 1. The van der Waals surface area contributed by atoms with Crippen molar-refractivity contribution < 1.29 is 4.79 Å². The zero-order valence-corrected chi connectivity index (χ0v) is 11.7. The predicted octanol–water partition coefficient (Wildman–Crippen LogP) is 3.62. The van der Waals surface area contributed by atoms with E-state index in [2.05, 4.69) is 23.7 Å². The molecule has 0 aliphatic heterocycles. The fourth-order valence-electron chi connectivity index (χ4n) is 1.72. The van der Waals surface area contributed by atoms with E-state index in [9.17, 15) is 4.79 Å². The Hall–Kier alpha value is -0.610. The molecule has 5 heteroatoms. The van der Waals surface area contributed by atoms with Crippen LogP contribution >= 0.6 is 22.9 Å². The Kier molecular flexibility index (Phi) is 4.05. The van der Waals surface area contributed by atoms with Crippen LogP contribution in [0.4, 0.5) is 5.13 Å². The largest absolute Gasteiger partial charge is 0.345 e. The number of thiazole rings is 1. The van der Waals surface area contributed by atoms with Crippen molar-refractivity contribution in [2.75, 3.05) is 11.4 Å². The van der Waals surface area contributed by atoms with Crippen molar-refractivity contribution in [2.24, 2.45) is 5.92 Å². The average Bonchev–Trinajstić information content (AvgIpc) is 3.03. The summed E-state index contributed by atoms with van der Waals surface area (Å²) in [6.07, 6.45) is 4.39. The lowest BCUT2D eigenvalue weighted by Gasteiger charge is -2.22. The van der Waals surface area contributed by atoms with Crippen molar-refractivity contribution in [3.8, 4) is 0 Å². The van der Waals surface area contributed by atoms with Gasteiger partial charge in [0.15, 0.2) is 16.6 Å². The van der Waals surface area contributed by atoms with Crippen LogP contribution in [0.15, 0.2) is 0 Å². The molecule has 1 heterocycles. The van der Waals surface area contributed by atoms with E-state index in [4.69, 9.17) is 11.6 Å². The molecule has 0 amide bonds. The van der Waals surface area contributed by atoms with Crippen molar-refractivity contribution in [3.05, 3.63) is 10.0 Å². The average molecular weight is 273 g/mol. The molecule has 1 aromatic rings. The van der Waals surface area contributed by atoms with E-state index in [-0.39, 0.29) is 0 Å². The Bertz CT molecular complexity index is 401. The lowest BCUT2D eigenvalue weighted by Crippen LogP contribution is -2.27. The molecule has 94 valence electrons. The number of aromatic nitrogens is 1. The van der Waals surface area contributed by atoms with Crippen molar-refractivity contribution >= 4 is 34.4 Å². The smallest absolute Gasteiger partial charge is 0.187 e. The molecular weight excluding hydrogens is 256 g/mol. The maximum Gasteiger partial charge on any atom is 0.187 e. The highest BCUT2D eigenvalue weighted by atomic mass is 35.5.